The van der Waals surface area contributed by atoms with Crippen LogP contribution in [-0.2, 0) is 12.8 Å². The molecule has 128 valence electrons. The smallest absolute Gasteiger partial charge is 0.141 e. The van der Waals surface area contributed by atoms with E-state index in [9.17, 15) is 0 Å². The van der Waals surface area contributed by atoms with Gasteiger partial charge in [-0.25, -0.2) is 9.97 Å². The highest BCUT2D eigenvalue weighted by Gasteiger charge is 2.27. The van der Waals surface area contributed by atoms with Gasteiger partial charge in [-0.2, -0.15) is 0 Å². The highest BCUT2D eigenvalue weighted by Crippen LogP contribution is 2.42. The van der Waals surface area contributed by atoms with Crippen LogP contribution in [0.5, 0.6) is 0 Å². The molecule has 1 saturated carbocycles. The second kappa shape index (κ2) is 6.29. The summed E-state index contributed by atoms with van der Waals surface area (Å²) >= 11 is 1.97. The van der Waals surface area contributed by atoms with Crippen LogP contribution in [0.4, 0.5) is 5.82 Å². The van der Waals surface area contributed by atoms with E-state index >= 15 is 0 Å². The molecule has 2 aliphatic carbocycles. The van der Waals surface area contributed by atoms with E-state index in [1.807, 2.05) is 11.3 Å². The van der Waals surface area contributed by atoms with Crippen molar-refractivity contribution in [3.63, 3.8) is 0 Å². The van der Waals surface area contributed by atoms with Gasteiger partial charge < -0.3 is 4.90 Å². The fraction of sp³-hybridized carbons (Fsp3) is 0.700. The Morgan fingerprint density at radius 3 is 2.46 bits per heavy atom. The highest BCUT2D eigenvalue weighted by molar-refractivity contribution is 7.19. The molecule has 3 nitrogen and oxygen atoms in total. The van der Waals surface area contributed by atoms with Crippen molar-refractivity contribution >= 4 is 27.4 Å². The molecular formula is C20H27N3S. The predicted octanol–water partition coefficient (Wildman–Crippen LogP) is 5.22. The fourth-order valence-corrected chi connectivity index (χ4v) is 6.12. The third kappa shape index (κ3) is 2.54. The van der Waals surface area contributed by atoms with Gasteiger partial charge >= 0.3 is 0 Å². The average molecular weight is 342 g/mol. The molecule has 4 heteroatoms. The minimum absolute atomic E-state index is 0.601. The van der Waals surface area contributed by atoms with E-state index in [1.165, 1.54) is 99.8 Å². The number of anilines is 1. The number of nitrogens with zero attached hydrogens (tertiary/aromatic N) is 3. The monoisotopic (exact) mass is 341 g/mol. The van der Waals surface area contributed by atoms with Crippen molar-refractivity contribution in [3.8, 4) is 0 Å². The zero-order chi connectivity index (χ0) is 15.9. The molecule has 3 heterocycles. The van der Waals surface area contributed by atoms with E-state index < -0.39 is 0 Å². The summed E-state index contributed by atoms with van der Waals surface area (Å²) in [4.78, 5) is 15.8. The summed E-state index contributed by atoms with van der Waals surface area (Å²) in [5, 5.41) is 1.43. The number of aromatic nitrogens is 2. The van der Waals surface area contributed by atoms with E-state index in [0.717, 1.165) is 5.82 Å². The molecule has 2 fully saturated rings. The molecule has 1 aliphatic heterocycles. The van der Waals surface area contributed by atoms with Crippen molar-refractivity contribution < 1.29 is 0 Å². The first kappa shape index (κ1) is 15.1. The predicted molar refractivity (Wildman–Crippen MR) is 101 cm³/mol. The largest absolute Gasteiger partial charge is 0.356 e. The maximum Gasteiger partial charge on any atom is 0.141 e. The van der Waals surface area contributed by atoms with E-state index in [-0.39, 0.29) is 0 Å². The number of hydrogen-bond acceptors (Lipinski definition) is 4. The van der Waals surface area contributed by atoms with Crippen molar-refractivity contribution in [1.82, 2.24) is 9.97 Å². The maximum atomic E-state index is 5.21. The lowest BCUT2D eigenvalue weighted by Crippen LogP contribution is -2.21. The van der Waals surface area contributed by atoms with E-state index in [4.69, 9.17) is 9.97 Å². The Labute approximate surface area is 148 Å². The maximum absolute atomic E-state index is 5.21. The Morgan fingerprint density at radius 2 is 1.62 bits per heavy atom. The van der Waals surface area contributed by atoms with Gasteiger partial charge in [0.1, 0.15) is 16.5 Å². The summed E-state index contributed by atoms with van der Waals surface area (Å²) in [5.41, 5.74) is 1.60. The van der Waals surface area contributed by atoms with Gasteiger partial charge in [-0.3, -0.25) is 0 Å². The third-order valence-electron chi connectivity index (χ3n) is 6.19. The summed E-state index contributed by atoms with van der Waals surface area (Å²) < 4.78 is 0. The highest BCUT2D eigenvalue weighted by atomic mass is 32.1. The van der Waals surface area contributed by atoms with Crippen molar-refractivity contribution in [3.05, 3.63) is 16.3 Å². The van der Waals surface area contributed by atoms with Crippen molar-refractivity contribution in [2.75, 3.05) is 18.0 Å². The fourth-order valence-electron chi connectivity index (χ4n) is 4.86. The minimum atomic E-state index is 0.601. The van der Waals surface area contributed by atoms with Crippen LogP contribution in [0, 0.1) is 0 Å². The van der Waals surface area contributed by atoms with Crippen LogP contribution in [0.2, 0.25) is 0 Å². The van der Waals surface area contributed by atoms with Gasteiger partial charge in [0.25, 0.3) is 0 Å². The molecule has 0 atom stereocenters. The molecule has 2 aromatic rings. The Morgan fingerprint density at radius 1 is 0.833 bits per heavy atom. The summed E-state index contributed by atoms with van der Waals surface area (Å²) in [5.74, 6) is 3.05. The van der Waals surface area contributed by atoms with Gasteiger partial charge in [0.2, 0.25) is 0 Å². The molecule has 0 aromatic carbocycles. The van der Waals surface area contributed by atoms with Crippen LogP contribution in [0.15, 0.2) is 0 Å². The molecule has 0 unspecified atom stereocenters. The molecule has 24 heavy (non-hydrogen) atoms. The molecule has 0 spiro atoms. The minimum Gasteiger partial charge on any atom is -0.356 e. The Balaban J connectivity index is 1.66. The summed E-state index contributed by atoms with van der Waals surface area (Å²) in [6.45, 7) is 2.36. The second-order valence-electron chi connectivity index (χ2n) is 7.83. The number of fused-ring (bicyclic) bond motifs is 3. The first-order valence-electron chi connectivity index (χ1n) is 9.97. The standard InChI is InChI=1S/C20H27N3S/c1-2-8-14(9-3-1)18-21-19(23-12-6-7-13-23)17-15-10-4-5-11-16(15)24-20(17)22-18/h14H,1-13H2. The van der Waals surface area contributed by atoms with Crippen molar-refractivity contribution in [2.24, 2.45) is 0 Å². The lowest BCUT2D eigenvalue weighted by atomic mass is 9.88. The molecule has 3 aliphatic rings. The third-order valence-corrected chi connectivity index (χ3v) is 7.37. The van der Waals surface area contributed by atoms with Crippen LogP contribution < -0.4 is 4.90 Å². The van der Waals surface area contributed by atoms with Crippen LogP contribution in [0.3, 0.4) is 0 Å². The molecule has 1 saturated heterocycles. The van der Waals surface area contributed by atoms with Crippen LogP contribution in [0.1, 0.15) is 80.0 Å². The topological polar surface area (TPSA) is 29.0 Å². The SMILES string of the molecule is C1CCC(c2nc(N3CCCC3)c3c4c(sc3n2)CCCC4)CC1. The number of aryl methyl sites for hydroxylation is 2. The lowest BCUT2D eigenvalue weighted by molar-refractivity contribution is 0.429. The van der Waals surface area contributed by atoms with Gasteiger partial charge in [0.05, 0.1) is 5.39 Å². The van der Waals surface area contributed by atoms with E-state index in [2.05, 4.69) is 4.90 Å². The zero-order valence-corrected chi connectivity index (χ0v) is 15.3. The lowest BCUT2D eigenvalue weighted by Gasteiger charge is -2.24. The van der Waals surface area contributed by atoms with E-state index in [1.54, 1.807) is 10.4 Å². The normalized spacial score (nSPS) is 22.2. The Bertz CT molecular complexity index is 739. The van der Waals surface area contributed by atoms with Gasteiger partial charge in [-0.1, -0.05) is 19.3 Å². The van der Waals surface area contributed by atoms with E-state index in [0.29, 0.717) is 5.92 Å². The van der Waals surface area contributed by atoms with Gasteiger partial charge in [0.15, 0.2) is 0 Å². The van der Waals surface area contributed by atoms with Gasteiger partial charge in [-0.15, -0.1) is 11.3 Å². The number of hydrogen-bond donors (Lipinski definition) is 0. The Hall–Kier alpha value is -1.16. The number of thiophene rings is 1. The first-order valence-corrected chi connectivity index (χ1v) is 10.8. The molecular weight excluding hydrogens is 314 g/mol. The quantitative estimate of drug-likeness (QED) is 0.750. The summed E-state index contributed by atoms with van der Waals surface area (Å²) in [6.07, 6.45) is 14.5. The summed E-state index contributed by atoms with van der Waals surface area (Å²) in [7, 11) is 0. The van der Waals surface area contributed by atoms with Crippen molar-refractivity contribution in [1.29, 1.82) is 0 Å². The molecule has 0 amide bonds. The van der Waals surface area contributed by atoms with Crippen LogP contribution in [-0.4, -0.2) is 23.1 Å². The summed E-state index contributed by atoms with van der Waals surface area (Å²) in [6, 6.07) is 0. The molecule has 0 bridgehead atoms. The molecule has 2 aromatic heterocycles. The molecule has 0 radical (unpaired) electrons. The first-order chi connectivity index (χ1) is 11.9. The molecule has 5 rings (SSSR count). The molecule has 0 N–H and O–H groups in total. The van der Waals surface area contributed by atoms with Crippen molar-refractivity contribution in [2.45, 2.75) is 76.5 Å². The van der Waals surface area contributed by atoms with Gasteiger partial charge in [-0.05, 0) is 56.9 Å². The zero-order valence-electron chi connectivity index (χ0n) is 14.5. The second-order valence-corrected chi connectivity index (χ2v) is 8.91. The number of rotatable bonds is 2. The van der Waals surface area contributed by atoms with Crippen LogP contribution >= 0.6 is 11.3 Å². The van der Waals surface area contributed by atoms with Gasteiger partial charge in [0, 0.05) is 23.9 Å². The average Bonchev–Trinajstić information content (AvgIpc) is 3.29. The van der Waals surface area contributed by atoms with Crippen LogP contribution in [0.25, 0.3) is 10.2 Å². The Kier molecular flexibility index (Phi) is 3.96.